The maximum Gasteiger partial charge on any atom is 0.179 e. The summed E-state index contributed by atoms with van der Waals surface area (Å²) in [6, 6.07) is 5.74. The molecule has 5 heteroatoms. The molecule has 1 aliphatic heterocycles. The fourth-order valence-corrected chi connectivity index (χ4v) is 3.49. The van der Waals surface area contributed by atoms with Crippen molar-refractivity contribution >= 4 is 9.84 Å². The van der Waals surface area contributed by atoms with Crippen molar-refractivity contribution in [2.24, 2.45) is 0 Å². The van der Waals surface area contributed by atoms with Gasteiger partial charge in [-0.15, -0.1) is 0 Å². The minimum absolute atomic E-state index is 0.0879. The van der Waals surface area contributed by atoms with Gasteiger partial charge in [-0.2, -0.15) is 0 Å². The van der Waals surface area contributed by atoms with Gasteiger partial charge in [-0.3, -0.25) is 0 Å². The molecule has 2 rings (SSSR count). The molecule has 1 heterocycles. The Morgan fingerprint density at radius 1 is 1.06 bits per heavy atom. The van der Waals surface area contributed by atoms with Gasteiger partial charge in [0, 0.05) is 6.54 Å². The van der Waals surface area contributed by atoms with Crippen molar-refractivity contribution in [1.82, 2.24) is 4.90 Å². The first-order chi connectivity index (χ1) is 8.58. The van der Waals surface area contributed by atoms with Gasteiger partial charge >= 0.3 is 0 Å². The van der Waals surface area contributed by atoms with E-state index in [-0.39, 0.29) is 16.4 Å². The van der Waals surface area contributed by atoms with Crippen LogP contribution in [0.15, 0.2) is 29.2 Å². The monoisotopic (exact) mass is 269 g/mol. The van der Waals surface area contributed by atoms with Crippen LogP contribution in [0.5, 0.6) is 5.75 Å². The predicted octanol–water partition coefficient (Wildman–Crippen LogP) is 1.65. The van der Waals surface area contributed by atoms with E-state index in [0.717, 1.165) is 13.1 Å². The summed E-state index contributed by atoms with van der Waals surface area (Å²) in [7, 11) is -3.23. The first kappa shape index (κ1) is 13.4. The van der Waals surface area contributed by atoms with E-state index in [0.29, 0.717) is 6.54 Å². The summed E-state index contributed by atoms with van der Waals surface area (Å²) in [6.07, 6.45) is 3.58. The highest BCUT2D eigenvalue weighted by molar-refractivity contribution is 7.91. The van der Waals surface area contributed by atoms with Crippen molar-refractivity contribution in [3.8, 4) is 5.75 Å². The van der Waals surface area contributed by atoms with Gasteiger partial charge in [0.1, 0.15) is 5.75 Å². The number of sulfone groups is 1. The number of rotatable bonds is 4. The third kappa shape index (κ3) is 3.46. The lowest BCUT2D eigenvalue weighted by Gasteiger charge is -2.26. The largest absolute Gasteiger partial charge is 0.508 e. The zero-order chi connectivity index (χ0) is 13.0. The normalized spacial score (nSPS) is 17.8. The van der Waals surface area contributed by atoms with Crippen LogP contribution in [0, 0.1) is 0 Å². The molecule has 1 aromatic carbocycles. The Morgan fingerprint density at radius 3 is 2.28 bits per heavy atom. The smallest absolute Gasteiger partial charge is 0.179 e. The molecule has 0 aliphatic carbocycles. The molecular weight excluding hydrogens is 250 g/mol. The van der Waals surface area contributed by atoms with Crippen molar-refractivity contribution in [1.29, 1.82) is 0 Å². The Hall–Kier alpha value is -1.07. The van der Waals surface area contributed by atoms with E-state index in [4.69, 9.17) is 5.11 Å². The SMILES string of the molecule is O=S(=O)(CCN1CCCCC1)c1ccc(O)cc1. The molecule has 0 amide bonds. The fraction of sp³-hybridized carbons (Fsp3) is 0.538. The summed E-state index contributed by atoms with van der Waals surface area (Å²) in [4.78, 5) is 2.50. The second-order valence-corrected chi connectivity index (χ2v) is 6.82. The van der Waals surface area contributed by atoms with Gasteiger partial charge < -0.3 is 10.0 Å². The lowest BCUT2D eigenvalue weighted by Crippen LogP contribution is -2.33. The van der Waals surface area contributed by atoms with Crippen LogP contribution in [0.2, 0.25) is 0 Å². The van der Waals surface area contributed by atoms with Gasteiger partial charge in [-0.25, -0.2) is 8.42 Å². The van der Waals surface area contributed by atoms with Crippen LogP contribution >= 0.6 is 0 Å². The molecule has 1 aliphatic rings. The van der Waals surface area contributed by atoms with Crippen molar-refractivity contribution in [3.63, 3.8) is 0 Å². The van der Waals surface area contributed by atoms with Crippen LogP contribution in [-0.4, -0.2) is 43.8 Å². The standard InChI is InChI=1S/C13H19NO3S/c15-12-4-6-13(7-5-12)18(16,17)11-10-14-8-2-1-3-9-14/h4-7,15H,1-3,8-11H2. The minimum Gasteiger partial charge on any atom is -0.508 e. The molecule has 1 fully saturated rings. The molecule has 0 radical (unpaired) electrons. The third-order valence-corrected chi connectivity index (χ3v) is 5.03. The molecule has 0 aromatic heterocycles. The van der Waals surface area contributed by atoms with Crippen molar-refractivity contribution in [2.75, 3.05) is 25.4 Å². The maximum absolute atomic E-state index is 12.1. The number of benzene rings is 1. The van der Waals surface area contributed by atoms with Crippen molar-refractivity contribution in [2.45, 2.75) is 24.2 Å². The highest BCUT2D eigenvalue weighted by Gasteiger charge is 2.17. The number of phenols is 1. The summed E-state index contributed by atoms with van der Waals surface area (Å²) < 4.78 is 24.2. The lowest BCUT2D eigenvalue weighted by molar-refractivity contribution is 0.241. The van der Waals surface area contributed by atoms with Gasteiger partial charge in [0.05, 0.1) is 10.6 Å². The first-order valence-corrected chi connectivity index (χ1v) is 7.97. The molecule has 1 aromatic rings. The minimum atomic E-state index is -3.23. The molecule has 1 saturated heterocycles. The third-order valence-electron chi connectivity index (χ3n) is 3.32. The van der Waals surface area contributed by atoms with Crippen LogP contribution in [0.1, 0.15) is 19.3 Å². The van der Waals surface area contributed by atoms with E-state index < -0.39 is 9.84 Å². The number of phenolic OH excluding ortho intramolecular Hbond substituents is 1. The highest BCUT2D eigenvalue weighted by Crippen LogP contribution is 2.16. The van der Waals surface area contributed by atoms with Crippen LogP contribution in [0.3, 0.4) is 0 Å². The molecule has 1 N–H and O–H groups in total. The van der Waals surface area contributed by atoms with Crippen molar-refractivity contribution in [3.05, 3.63) is 24.3 Å². The summed E-state index contributed by atoms with van der Waals surface area (Å²) in [6.45, 7) is 2.61. The summed E-state index contributed by atoms with van der Waals surface area (Å²) in [5.74, 6) is 0.239. The summed E-state index contributed by atoms with van der Waals surface area (Å²) >= 11 is 0. The Kier molecular flexibility index (Phi) is 4.24. The number of aromatic hydroxyl groups is 1. The number of nitrogens with zero attached hydrogens (tertiary/aromatic N) is 1. The number of piperidine rings is 1. The van der Waals surface area contributed by atoms with E-state index in [9.17, 15) is 8.42 Å². The number of likely N-dealkylation sites (tertiary alicyclic amines) is 1. The molecule has 0 spiro atoms. The maximum atomic E-state index is 12.1. The van der Waals surface area contributed by atoms with Gasteiger partial charge in [0.15, 0.2) is 9.84 Å². The lowest BCUT2D eigenvalue weighted by atomic mass is 10.1. The zero-order valence-corrected chi connectivity index (χ0v) is 11.2. The van der Waals surface area contributed by atoms with E-state index >= 15 is 0 Å². The van der Waals surface area contributed by atoms with E-state index in [1.807, 2.05) is 0 Å². The molecule has 0 unspecified atom stereocenters. The fourth-order valence-electron chi connectivity index (χ4n) is 2.20. The quantitative estimate of drug-likeness (QED) is 0.903. The van der Waals surface area contributed by atoms with E-state index in [2.05, 4.69) is 4.90 Å². The Labute approximate surface area is 108 Å². The number of hydrogen-bond acceptors (Lipinski definition) is 4. The molecule has 100 valence electrons. The second-order valence-electron chi connectivity index (χ2n) is 4.72. The molecule has 0 atom stereocenters. The van der Waals surface area contributed by atoms with Gasteiger partial charge in [0.2, 0.25) is 0 Å². The predicted molar refractivity (Wildman–Crippen MR) is 70.5 cm³/mol. The molecular formula is C13H19NO3S. The van der Waals surface area contributed by atoms with Gasteiger partial charge in [0.25, 0.3) is 0 Å². The van der Waals surface area contributed by atoms with E-state index in [1.165, 1.54) is 43.5 Å². The topological polar surface area (TPSA) is 57.6 Å². The first-order valence-electron chi connectivity index (χ1n) is 6.32. The van der Waals surface area contributed by atoms with Crippen LogP contribution in [0.25, 0.3) is 0 Å². The average molecular weight is 269 g/mol. The van der Waals surface area contributed by atoms with Crippen LogP contribution in [0.4, 0.5) is 0 Å². The Bertz CT molecular complexity index is 475. The molecule has 0 saturated carbocycles. The van der Waals surface area contributed by atoms with E-state index in [1.54, 1.807) is 0 Å². The molecule has 4 nitrogen and oxygen atoms in total. The Balaban J connectivity index is 1.96. The second kappa shape index (κ2) is 5.71. The Morgan fingerprint density at radius 2 is 1.67 bits per heavy atom. The van der Waals surface area contributed by atoms with Gasteiger partial charge in [-0.05, 0) is 50.2 Å². The summed E-state index contributed by atoms with van der Waals surface area (Å²) in [5, 5.41) is 9.15. The van der Waals surface area contributed by atoms with Crippen molar-refractivity contribution < 1.29 is 13.5 Å². The average Bonchev–Trinajstić information content (AvgIpc) is 2.38. The number of hydrogen-bond donors (Lipinski definition) is 1. The van der Waals surface area contributed by atoms with Gasteiger partial charge in [-0.1, -0.05) is 6.42 Å². The molecule has 18 heavy (non-hydrogen) atoms. The van der Waals surface area contributed by atoms with Crippen LogP contribution < -0.4 is 0 Å². The van der Waals surface area contributed by atoms with Crippen LogP contribution in [-0.2, 0) is 9.84 Å². The zero-order valence-electron chi connectivity index (χ0n) is 10.4. The highest BCUT2D eigenvalue weighted by atomic mass is 32.2. The summed E-state index contributed by atoms with van der Waals surface area (Å²) in [5.41, 5.74) is 0. The molecule has 0 bridgehead atoms.